The topological polar surface area (TPSA) is 37.5 Å². The molecule has 1 fully saturated rings. The number of hydrogen-bond donors (Lipinski definition) is 1. The molecule has 2 aromatic carbocycles. The van der Waals surface area contributed by atoms with Crippen molar-refractivity contribution in [3.8, 4) is 11.5 Å². The maximum Gasteiger partial charge on any atom is 0.161 e. The summed E-state index contributed by atoms with van der Waals surface area (Å²) in [6.07, 6.45) is 4.50. The summed E-state index contributed by atoms with van der Waals surface area (Å²) >= 11 is 0. The van der Waals surface area contributed by atoms with Crippen LogP contribution in [0.2, 0.25) is 0 Å². The number of ether oxygens (including phenoxy) is 2. The van der Waals surface area contributed by atoms with Gasteiger partial charge in [-0.2, -0.15) is 0 Å². The summed E-state index contributed by atoms with van der Waals surface area (Å²) in [6.45, 7) is 3.12. The second kappa shape index (κ2) is 7.19. The SMILES string of the molecule is COc1ccccc1OC1CCN(CCc2c[nH]c3ccccc23)C1. The number of H-pyrrole nitrogens is 1. The highest BCUT2D eigenvalue weighted by Crippen LogP contribution is 2.29. The molecule has 1 unspecified atom stereocenters. The molecule has 1 aromatic heterocycles. The van der Waals surface area contributed by atoms with Gasteiger partial charge in [0.2, 0.25) is 0 Å². The number of nitrogens with zero attached hydrogens (tertiary/aromatic N) is 1. The summed E-state index contributed by atoms with van der Waals surface area (Å²) < 4.78 is 11.5. The van der Waals surface area contributed by atoms with Crippen molar-refractivity contribution in [1.29, 1.82) is 0 Å². The number of methoxy groups -OCH3 is 1. The summed E-state index contributed by atoms with van der Waals surface area (Å²) in [4.78, 5) is 5.85. The van der Waals surface area contributed by atoms with Crippen LogP contribution in [-0.4, -0.2) is 42.7 Å². The van der Waals surface area contributed by atoms with Gasteiger partial charge in [0.05, 0.1) is 7.11 Å². The van der Waals surface area contributed by atoms with E-state index in [9.17, 15) is 0 Å². The molecule has 25 heavy (non-hydrogen) atoms. The Labute approximate surface area is 148 Å². The van der Waals surface area contributed by atoms with Crippen LogP contribution in [0.1, 0.15) is 12.0 Å². The van der Waals surface area contributed by atoms with Gasteiger partial charge in [-0.3, -0.25) is 4.90 Å². The molecule has 0 amide bonds. The fourth-order valence-electron chi connectivity index (χ4n) is 3.61. The first-order valence-corrected chi connectivity index (χ1v) is 8.90. The number of aromatic nitrogens is 1. The maximum atomic E-state index is 6.16. The van der Waals surface area contributed by atoms with Crippen LogP contribution in [0.3, 0.4) is 0 Å². The van der Waals surface area contributed by atoms with E-state index >= 15 is 0 Å². The summed E-state index contributed by atoms with van der Waals surface area (Å²) in [5.41, 5.74) is 2.61. The van der Waals surface area contributed by atoms with Gasteiger partial charge in [0.15, 0.2) is 11.5 Å². The van der Waals surface area contributed by atoms with Crippen LogP contribution in [0.15, 0.2) is 54.7 Å². The Bertz CT molecular complexity index is 843. The minimum atomic E-state index is 0.235. The van der Waals surface area contributed by atoms with Crippen molar-refractivity contribution in [1.82, 2.24) is 9.88 Å². The van der Waals surface area contributed by atoms with Crippen molar-refractivity contribution >= 4 is 10.9 Å². The van der Waals surface area contributed by atoms with Crippen molar-refractivity contribution in [2.45, 2.75) is 18.9 Å². The Morgan fingerprint density at radius 2 is 1.88 bits per heavy atom. The lowest BCUT2D eigenvalue weighted by atomic mass is 10.1. The summed E-state index contributed by atoms with van der Waals surface area (Å²) in [5, 5.41) is 1.34. The van der Waals surface area contributed by atoms with E-state index in [0.29, 0.717) is 0 Å². The minimum Gasteiger partial charge on any atom is -0.493 e. The number of rotatable bonds is 6. The third-order valence-corrected chi connectivity index (χ3v) is 4.96. The normalized spacial score (nSPS) is 17.9. The molecule has 1 saturated heterocycles. The first-order valence-electron chi connectivity index (χ1n) is 8.90. The molecule has 0 radical (unpaired) electrons. The Kier molecular flexibility index (Phi) is 4.61. The van der Waals surface area contributed by atoms with Crippen LogP contribution in [0, 0.1) is 0 Å². The molecule has 4 rings (SSSR count). The molecule has 0 saturated carbocycles. The van der Waals surface area contributed by atoms with Crippen LogP contribution in [0.25, 0.3) is 10.9 Å². The van der Waals surface area contributed by atoms with Crippen molar-refractivity contribution in [3.05, 3.63) is 60.3 Å². The molecule has 130 valence electrons. The van der Waals surface area contributed by atoms with Gasteiger partial charge in [-0.15, -0.1) is 0 Å². The van der Waals surface area contributed by atoms with E-state index in [1.54, 1.807) is 7.11 Å². The van der Waals surface area contributed by atoms with Crippen LogP contribution in [-0.2, 0) is 6.42 Å². The molecule has 0 aliphatic carbocycles. The lowest BCUT2D eigenvalue weighted by molar-refractivity contribution is 0.193. The maximum absolute atomic E-state index is 6.16. The van der Waals surface area contributed by atoms with Crippen molar-refractivity contribution in [2.24, 2.45) is 0 Å². The fraction of sp³-hybridized carbons (Fsp3) is 0.333. The van der Waals surface area contributed by atoms with Gasteiger partial charge in [0, 0.05) is 36.7 Å². The Morgan fingerprint density at radius 3 is 2.76 bits per heavy atom. The summed E-state index contributed by atoms with van der Waals surface area (Å²) in [6, 6.07) is 16.4. The molecule has 1 N–H and O–H groups in total. The zero-order valence-corrected chi connectivity index (χ0v) is 14.6. The van der Waals surface area contributed by atoms with Gasteiger partial charge in [-0.05, 0) is 36.6 Å². The molecule has 1 aliphatic rings. The number of para-hydroxylation sites is 3. The molecular formula is C21H24N2O2. The average molecular weight is 336 g/mol. The minimum absolute atomic E-state index is 0.235. The number of hydrogen-bond acceptors (Lipinski definition) is 3. The molecule has 2 heterocycles. The Balaban J connectivity index is 1.33. The predicted octanol–water partition coefficient (Wildman–Crippen LogP) is 3.87. The number of benzene rings is 2. The standard InChI is InChI=1S/C21H24N2O2/c1-24-20-8-4-5-9-21(20)25-17-11-13-23(15-17)12-10-16-14-22-19-7-3-2-6-18(16)19/h2-9,14,17,22H,10-13,15H2,1H3. The third-order valence-electron chi connectivity index (χ3n) is 4.96. The highest BCUT2D eigenvalue weighted by molar-refractivity contribution is 5.83. The number of aromatic amines is 1. The second-order valence-corrected chi connectivity index (χ2v) is 6.59. The van der Waals surface area contributed by atoms with Gasteiger partial charge in [-0.25, -0.2) is 0 Å². The third kappa shape index (κ3) is 3.49. The van der Waals surface area contributed by atoms with Gasteiger partial charge in [0.1, 0.15) is 6.10 Å². The molecular weight excluding hydrogens is 312 g/mol. The van der Waals surface area contributed by atoms with E-state index < -0.39 is 0 Å². The van der Waals surface area contributed by atoms with E-state index in [1.807, 2.05) is 24.3 Å². The van der Waals surface area contributed by atoms with Crippen molar-refractivity contribution in [3.63, 3.8) is 0 Å². The molecule has 3 aromatic rings. The van der Waals surface area contributed by atoms with Gasteiger partial charge in [0.25, 0.3) is 0 Å². The van der Waals surface area contributed by atoms with Gasteiger partial charge < -0.3 is 14.5 Å². The molecule has 0 bridgehead atoms. The van der Waals surface area contributed by atoms with Gasteiger partial charge in [-0.1, -0.05) is 30.3 Å². The fourth-order valence-corrected chi connectivity index (χ4v) is 3.61. The van der Waals surface area contributed by atoms with Crippen LogP contribution in [0.4, 0.5) is 0 Å². The first-order chi connectivity index (χ1) is 12.3. The smallest absolute Gasteiger partial charge is 0.161 e. The Morgan fingerprint density at radius 1 is 1.08 bits per heavy atom. The van der Waals surface area contributed by atoms with Gasteiger partial charge >= 0.3 is 0 Å². The second-order valence-electron chi connectivity index (χ2n) is 6.59. The van der Waals surface area contributed by atoms with Crippen molar-refractivity contribution < 1.29 is 9.47 Å². The Hall–Kier alpha value is -2.46. The van der Waals surface area contributed by atoms with E-state index in [2.05, 4.69) is 40.3 Å². The van der Waals surface area contributed by atoms with Crippen LogP contribution >= 0.6 is 0 Å². The van der Waals surface area contributed by atoms with Crippen LogP contribution < -0.4 is 9.47 Å². The number of fused-ring (bicyclic) bond motifs is 1. The lowest BCUT2D eigenvalue weighted by Gasteiger charge is -2.18. The highest BCUT2D eigenvalue weighted by Gasteiger charge is 2.24. The monoisotopic (exact) mass is 336 g/mol. The largest absolute Gasteiger partial charge is 0.493 e. The summed E-state index contributed by atoms with van der Waals surface area (Å²) in [7, 11) is 1.68. The lowest BCUT2D eigenvalue weighted by Crippen LogP contribution is -2.26. The van der Waals surface area contributed by atoms with E-state index in [0.717, 1.165) is 44.0 Å². The van der Waals surface area contributed by atoms with Crippen LogP contribution in [0.5, 0.6) is 11.5 Å². The number of nitrogens with one attached hydrogen (secondary N) is 1. The van der Waals surface area contributed by atoms with Crippen molar-refractivity contribution in [2.75, 3.05) is 26.7 Å². The molecule has 4 heteroatoms. The zero-order chi connectivity index (χ0) is 17.1. The highest BCUT2D eigenvalue weighted by atomic mass is 16.5. The van der Waals surface area contributed by atoms with E-state index in [-0.39, 0.29) is 6.10 Å². The molecule has 0 spiro atoms. The summed E-state index contributed by atoms with van der Waals surface area (Å²) in [5.74, 6) is 1.65. The first kappa shape index (κ1) is 16.0. The van der Waals surface area contributed by atoms with E-state index in [1.165, 1.54) is 16.5 Å². The van der Waals surface area contributed by atoms with E-state index in [4.69, 9.17) is 9.47 Å². The molecule has 1 aliphatic heterocycles. The predicted molar refractivity (Wildman–Crippen MR) is 100 cm³/mol. The quantitative estimate of drug-likeness (QED) is 0.742. The number of likely N-dealkylation sites (tertiary alicyclic amines) is 1. The molecule has 4 nitrogen and oxygen atoms in total. The average Bonchev–Trinajstić information content (AvgIpc) is 3.27. The molecule has 1 atom stereocenters. The zero-order valence-electron chi connectivity index (χ0n) is 14.6.